The summed E-state index contributed by atoms with van der Waals surface area (Å²) in [4.78, 5) is -0.517. The lowest BCUT2D eigenvalue weighted by Crippen LogP contribution is -2.41. The highest BCUT2D eigenvalue weighted by Crippen LogP contribution is 2.29. The summed E-state index contributed by atoms with van der Waals surface area (Å²) in [6.07, 6.45) is -2.53. The summed E-state index contributed by atoms with van der Waals surface area (Å²) in [6, 6.07) is 4.35. The first-order valence-electron chi connectivity index (χ1n) is 6.86. The highest BCUT2D eigenvalue weighted by Gasteiger charge is 2.34. The fourth-order valence-electron chi connectivity index (χ4n) is 2.28. The van der Waals surface area contributed by atoms with Gasteiger partial charge in [0.1, 0.15) is 10.6 Å². The number of para-hydroxylation sites is 1. The molecule has 22 heavy (non-hydrogen) atoms. The van der Waals surface area contributed by atoms with Crippen LogP contribution < -0.4 is 14.8 Å². The third kappa shape index (κ3) is 4.85. The van der Waals surface area contributed by atoms with Crippen molar-refractivity contribution in [3.63, 3.8) is 0 Å². The van der Waals surface area contributed by atoms with Crippen LogP contribution in [-0.2, 0) is 10.0 Å². The highest BCUT2D eigenvalue weighted by atomic mass is 32.2. The number of hydrogen-bond acceptors (Lipinski definition) is 4. The Morgan fingerprint density at radius 3 is 2.68 bits per heavy atom. The molecule has 2 rings (SSSR count). The van der Waals surface area contributed by atoms with Crippen molar-refractivity contribution in [2.75, 3.05) is 13.1 Å². The number of sulfonamides is 1. The zero-order valence-corrected chi connectivity index (χ0v) is 12.5. The third-order valence-corrected chi connectivity index (χ3v) is 4.79. The van der Waals surface area contributed by atoms with Crippen molar-refractivity contribution in [1.82, 2.24) is 10.0 Å². The Kier molecular flexibility index (Phi) is 5.30. The van der Waals surface area contributed by atoms with Gasteiger partial charge < -0.3 is 10.1 Å². The largest absolute Gasteiger partial charge is 0.573 e. The molecular weight excluding hydrogens is 321 g/mol. The van der Waals surface area contributed by atoms with Crippen molar-refractivity contribution in [3.05, 3.63) is 24.3 Å². The maximum Gasteiger partial charge on any atom is 0.573 e. The quantitative estimate of drug-likeness (QED) is 0.881. The van der Waals surface area contributed by atoms with Crippen LogP contribution in [0.25, 0.3) is 0 Å². The minimum absolute atomic E-state index is 0.355. The van der Waals surface area contributed by atoms with Gasteiger partial charge in [-0.25, -0.2) is 13.1 Å². The van der Waals surface area contributed by atoms with Gasteiger partial charge in [0.2, 0.25) is 10.0 Å². The van der Waals surface area contributed by atoms with Gasteiger partial charge in [-0.2, -0.15) is 0 Å². The molecule has 1 saturated heterocycles. The van der Waals surface area contributed by atoms with Crippen LogP contribution >= 0.6 is 0 Å². The Morgan fingerprint density at radius 1 is 1.23 bits per heavy atom. The molecule has 0 aromatic heterocycles. The molecule has 1 aliphatic heterocycles. The summed E-state index contributed by atoms with van der Waals surface area (Å²) < 4.78 is 68.0. The SMILES string of the molecule is O=S(=O)(NC1CCCCNC1)c1ccccc1OC(F)(F)F. The van der Waals surface area contributed by atoms with Crippen LogP contribution in [0.4, 0.5) is 13.2 Å². The van der Waals surface area contributed by atoms with E-state index in [1.54, 1.807) is 0 Å². The Labute approximate surface area is 126 Å². The predicted molar refractivity (Wildman–Crippen MR) is 74.0 cm³/mol. The van der Waals surface area contributed by atoms with Crippen molar-refractivity contribution in [2.45, 2.75) is 36.6 Å². The van der Waals surface area contributed by atoms with Crippen LogP contribution in [0.2, 0.25) is 0 Å². The normalized spacial score (nSPS) is 20.4. The second-order valence-corrected chi connectivity index (χ2v) is 6.70. The molecule has 1 unspecified atom stereocenters. The standard InChI is InChI=1S/C13H17F3N2O3S/c14-13(15,16)21-11-6-1-2-7-12(11)22(19,20)18-10-5-3-4-8-17-9-10/h1-2,6-7,10,17-18H,3-5,8-9H2. The maximum absolute atomic E-state index is 12.4. The Balaban J connectivity index is 2.21. The van der Waals surface area contributed by atoms with E-state index in [4.69, 9.17) is 0 Å². The molecule has 1 aromatic carbocycles. The first kappa shape index (κ1) is 17.0. The summed E-state index contributed by atoms with van der Waals surface area (Å²) >= 11 is 0. The van der Waals surface area contributed by atoms with Crippen LogP contribution in [0.1, 0.15) is 19.3 Å². The van der Waals surface area contributed by atoms with E-state index in [1.165, 1.54) is 12.1 Å². The van der Waals surface area contributed by atoms with Gasteiger partial charge in [-0.1, -0.05) is 18.6 Å². The molecule has 0 bridgehead atoms. The zero-order valence-electron chi connectivity index (χ0n) is 11.7. The van der Waals surface area contributed by atoms with Crippen LogP contribution in [-0.4, -0.2) is 33.9 Å². The monoisotopic (exact) mass is 338 g/mol. The minimum atomic E-state index is -4.95. The van der Waals surface area contributed by atoms with E-state index in [9.17, 15) is 21.6 Å². The molecule has 1 fully saturated rings. The molecule has 0 saturated carbocycles. The number of alkyl halides is 3. The van der Waals surface area contributed by atoms with E-state index in [0.717, 1.165) is 31.5 Å². The van der Waals surface area contributed by atoms with Crippen LogP contribution in [0.5, 0.6) is 5.75 Å². The van der Waals surface area contributed by atoms with Crippen molar-refractivity contribution >= 4 is 10.0 Å². The average Bonchev–Trinajstić information content (AvgIpc) is 2.65. The van der Waals surface area contributed by atoms with Crippen molar-refractivity contribution in [2.24, 2.45) is 0 Å². The van der Waals surface area contributed by atoms with E-state index in [2.05, 4.69) is 14.8 Å². The second kappa shape index (κ2) is 6.84. The lowest BCUT2D eigenvalue weighted by molar-refractivity contribution is -0.275. The molecule has 0 amide bonds. The van der Waals surface area contributed by atoms with E-state index >= 15 is 0 Å². The smallest absolute Gasteiger partial charge is 0.404 e. The second-order valence-electron chi connectivity index (χ2n) is 5.01. The molecule has 1 heterocycles. The molecule has 2 N–H and O–H groups in total. The average molecular weight is 338 g/mol. The fourth-order valence-corrected chi connectivity index (χ4v) is 3.68. The van der Waals surface area contributed by atoms with Gasteiger partial charge in [-0.15, -0.1) is 13.2 Å². The molecular formula is C13H17F3N2O3S. The molecule has 124 valence electrons. The van der Waals surface area contributed by atoms with Crippen molar-refractivity contribution in [1.29, 1.82) is 0 Å². The van der Waals surface area contributed by atoms with Gasteiger partial charge >= 0.3 is 6.36 Å². The van der Waals surface area contributed by atoms with Gasteiger partial charge in [-0.05, 0) is 31.5 Å². The molecule has 0 radical (unpaired) electrons. The molecule has 5 nitrogen and oxygen atoms in total. The summed E-state index contributed by atoms with van der Waals surface area (Å²) in [5.41, 5.74) is 0. The Hall–Kier alpha value is -1.32. The maximum atomic E-state index is 12.4. The predicted octanol–water partition coefficient (Wildman–Crippen LogP) is 2.01. The molecule has 1 aliphatic rings. The lowest BCUT2D eigenvalue weighted by atomic mass is 10.2. The number of rotatable bonds is 4. The summed E-state index contributed by atoms with van der Waals surface area (Å²) in [6.45, 7) is 1.24. The van der Waals surface area contributed by atoms with Crippen molar-refractivity contribution in [3.8, 4) is 5.75 Å². The van der Waals surface area contributed by atoms with Gasteiger partial charge in [0.15, 0.2) is 0 Å². The molecule has 9 heteroatoms. The van der Waals surface area contributed by atoms with E-state index < -0.39 is 27.0 Å². The Morgan fingerprint density at radius 2 is 1.95 bits per heavy atom. The number of ether oxygens (including phenoxy) is 1. The van der Waals surface area contributed by atoms with Crippen molar-refractivity contribution < 1.29 is 26.3 Å². The molecule has 1 atom stereocenters. The lowest BCUT2D eigenvalue weighted by Gasteiger charge is -2.18. The van der Waals surface area contributed by atoms with E-state index in [-0.39, 0.29) is 6.04 Å². The minimum Gasteiger partial charge on any atom is -0.404 e. The van der Waals surface area contributed by atoms with Crippen LogP contribution in [0.3, 0.4) is 0 Å². The highest BCUT2D eigenvalue weighted by molar-refractivity contribution is 7.89. The van der Waals surface area contributed by atoms with Gasteiger partial charge in [-0.3, -0.25) is 0 Å². The van der Waals surface area contributed by atoms with Gasteiger partial charge in [0.25, 0.3) is 0 Å². The molecule has 1 aromatic rings. The zero-order chi connectivity index (χ0) is 16.2. The third-order valence-electron chi connectivity index (χ3n) is 3.23. The summed E-state index contributed by atoms with van der Waals surface area (Å²) in [5.74, 6) is -0.732. The van der Waals surface area contributed by atoms with Crippen LogP contribution in [0, 0.1) is 0 Å². The number of hydrogen-bond donors (Lipinski definition) is 2. The topological polar surface area (TPSA) is 67.4 Å². The van der Waals surface area contributed by atoms with Gasteiger partial charge in [0.05, 0.1) is 0 Å². The van der Waals surface area contributed by atoms with E-state index in [0.29, 0.717) is 13.0 Å². The summed E-state index contributed by atoms with van der Waals surface area (Å²) in [5, 5.41) is 3.09. The first-order valence-corrected chi connectivity index (χ1v) is 8.34. The van der Waals surface area contributed by atoms with Crippen LogP contribution in [0.15, 0.2) is 29.2 Å². The van der Waals surface area contributed by atoms with E-state index in [1.807, 2.05) is 0 Å². The fraction of sp³-hybridized carbons (Fsp3) is 0.538. The Bertz CT molecular complexity index is 597. The number of benzene rings is 1. The molecule has 0 aliphatic carbocycles. The molecule has 0 spiro atoms. The number of nitrogens with one attached hydrogen (secondary N) is 2. The first-order chi connectivity index (χ1) is 10.3. The van der Waals surface area contributed by atoms with Gasteiger partial charge in [0, 0.05) is 12.6 Å². The number of halogens is 3. The summed E-state index contributed by atoms with van der Waals surface area (Å²) in [7, 11) is -4.09.